The number of hydrogen-bond donors (Lipinski definition) is 6. The normalized spacial score (nSPS) is 11.9. The van der Waals surface area contributed by atoms with Crippen molar-refractivity contribution in [2.75, 3.05) is 30.5 Å². The minimum Gasteiger partial charge on any atom is -0.478 e. The number of sulfone groups is 1. The Kier molecular flexibility index (Phi) is 13.4. The summed E-state index contributed by atoms with van der Waals surface area (Å²) < 4.78 is 75.7. The minimum absolute atomic E-state index is 0.0419. The van der Waals surface area contributed by atoms with Gasteiger partial charge in [0.2, 0.25) is 0 Å². The van der Waals surface area contributed by atoms with Gasteiger partial charge in [-0.1, -0.05) is 10.1 Å². The maximum absolute atomic E-state index is 12.9. The maximum atomic E-state index is 12.9. The fourth-order valence-corrected chi connectivity index (χ4v) is 6.05. The zero-order valence-electron chi connectivity index (χ0n) is 25.3. The lowest BCUT2D eigenvalue weighted by atomic mass is 10.2. The monoisotopic (exact) mass is 791 g/mol. The first-order valence-corrected chi connectivity index (χ1v) is 17.7. The third-order valence-electron chi connectivity index (χ3n) is 5.89. The van der Waals surface area contributed by atoms with Crippen LogP contribution < -0.4 is 20.4 Å². The summed E-state index contributed by atoms with van der Waals surface area (Å²) in [6, 6.07) is 8.63. The number of aromatic carboxylic acids is 1. The molecule has 0 atom stereocenters. The molecule has 0 amide bonds. The molecule has 4 rings (SSSR count). The summed E-state index contributed by atoms with van der Waals surface area (Å²) in [5.74, 6) is -2.27. The smallest absolute Gasteiger partial charge is 0.446 e. The van der Waals surface area contributed by atoms with Crippen molar-refractivity contribution in [2.24, 2.45) is 10.2 Å². The second-order valence-electron chi connectivity index (χ2n) is 9.13. The Morgan fingerprint density at radius 3 is 2.35 bits per heavy atom. The van der Waals surface area contributed by atoms with Crippen LogP contribution >= 0.6 is 24.1 Å². The number of azo groups is 1. The van der Waals surface area contributed by atoms with Gasteiger partial charge in [0.25, 0.3) is 0 Å². The first-order chi connectivity index (χ1) is 24.2. The molecular formula is C24H23N8O15S4+. The summed E-state index contributed by atoms with van der Waals surface area (Å²) in [6.07, 6.45) is 2.74. The van der Waals surface area contributed by atoms with E-state index < -0.39 is 38.6 Å². The van der Waals surface area contributed by atoms with E-state index in [1.807, 2.05) is 0 Å². The van der Waals surface area contributed by atoms with Gasteiger partial charge in [0.1, 0.15) is 11.4 Å². The molecule has 0 unspecified atom stereocenters. The van der Waals surface area contributed by atoms with Gasteiger partial charge in [0.05, 0.1) is 81.9 Å². The molecule has 23 nitrogen and oxygen atoms in total. The number of carbonyl (C=O) groups is 1. The Morgan fingerprint density at radius 1 is 0.980 bits per heavy atom. The number of aromatic nitrogens is 4. The van der Waals surface area contributed by atoms with E-state index in [-0.39, 0.29) is 60.9 Å². The van der Waals surface area contributed by atoms with Crippen molar-refractivity contribution < 1.29 is 74.0 Å². The van der Waals surface area contributed by atoms with Crippen molar-refractivity contribution >= 4 is 79.0 Å². The van der Waals surface area contributed by atoms with Crippen molar-refractivity contribution in [3.8, 4) is 12.0 Å². The summed E-state index contributed by atoms with van der Waals surface area (Å²) in [7, 11) is -7.85. The number of nitrogens with zero attached hydrogens (tertiary/aromatic N) is 6. The molecule has 0 saturated heterocycles. The summed E-state index contributed by atoms with van der Waals surface area (Å²) >= 11 is 0.888. The number of anilines is 3. The van der Waals surface area contributed by atoms with Gasteiger partial charge >= 0.3 is 34.3 Å². The van der Waals surface area contributed by atoms with Gasteiger partial charge in [-0.15, -0.1) is 23.9 Å². The molecule has 51 heavy (non-hydrogen) atoms. The molecule has 272 valence electrons. The Morgan fingerprint density at radius 2 is 1.69 bits per heavy atom. The largest absolute Gasteiger partial charge is 0.478 e. The molecule has 0 spiro atoms. The summed E-state index contributed by atoms with van der Waals surface area (Å²) in [5, 5.41) is 45.1. The first kappa shape index (κ1) is 39.1. The van der Waals surface area contributed by atoms with Gasteiger partial charge in [-0.2, -0.15) is 8.42 Å². The maximum Gasteiger partial charge on any atom is 0.446 e. The lowest BCUT2D eigenvalue weighted by molar-refractivity contribution is -0.603. The zero-order chi connectivity index (χ0) is 37.2. The minimum atomic E-state index is -4.90. The lowest BCUT2D eigenvalue weighted by Crippen LogP contribution is -2.34. The molecule has 27 heteroatoms. The van der Waals surface area contributed by atoms with Crippen LogP contribution in [-0.4, -0.2) is 77.4 Å². The molecule has 0 aliphatic carbocycles. The molecule has 2 heterocycles. The fourth-order valence-electron chi connectivity index (χ4n) is 3.71. The van der Waals surface area contributed by atoms with E-state index in [2.05, 4.69) is 53.4 Å². The molecule has 4 aromatic rings. The number of rotatable bonds is 18. The van der Waals surface area contributed by atoms with Crippen LogP contribution in [0, 0.1) is 0 Å². The second-order valence-corrected chi connectivity index (χ2v) is 13.8. The third-order valence-corrected chi connectivity index (χ3v) is 9.34. The number of carboxylic acid groups (broad SMARTS) is 1. The van der Waals surface area contributed by atoms with E-state index >= 15 is 0 Å². The van der Waals surface area contributed by atoms with Gasteiger partial charge in [-0.3, -0.25) is 4.55 Å². The van der Waals surface area contributed by atoms with Crippen LogP contribution in [0.2, 0.25) is 0 Å². The van der Waals surface area contributed by atoms with Crippen molar-refractivity contribution in [1.82, 2.24) is 15.0 Å². The first-order valence-electron chi connectivity index (χ1n) is 13.2. The number of nitrogen functional groups attached to an aromatic ring is 1. The van der Waals surface area contributed by atoms with E-state index in [0.29, 0.717) is 24.1 Å². The lowest BCUT2D eigenvalue weighted by Gasteiger charge is -2.11. The number of benzene rings is 2. The van der Waals surface area contributed by atoms with Gasteiger partial charge in [0.15, 0.2) is 9.84 Å². The van der Waals surface area contributed by atoms with Crippen LogP contribution in [0.5, 0.6) is 6.01 Å². The van der Waals surface area contributed by atoms with E-state index in [1.165, 1.54) is 54.4 Å². The van der Waals surface area contributed by atoms with E-state index in [1.54, 1.807) is 0 Å². The molecule has 0 saturated carbocycles. The average Bonchev–Trinajstić information content (AvgIpc) is 3.09. The highest BCUT2D eigenvalue weighted by atomic mass is 32.3. The molecule has 0 aliphatic rings. The summed E-state index contributed by atoms with van der Waals surface area (Å²) in [6.45, 7) is -0.899. The quantitative estimate of drug-likeness (QED) is 0.0160. The predicted molar refractivity (Wildman–Crippen MR) is 170 cm³/mol. The SMILES string of the molecule is COc1nc(Nc2cc(N)c(SOOO)cc2N=Nc2cc(S(=O)(=O)CCOS(=O)(=O)O)ccc2SOOO)nc(-[n+]2cccc(C(=O)O)c2)n1. The van der Waals surface area contributed by atoms with Gasteiger partial charge in [-0.25, -0.2) is 32.5 Å². The number of hydrogen-bond acceptors (Lipinski definition) is 22. The second kappa shape index (κ2) is 17.5. The van der Waals surface area contributed by atoms with Crippen molar-refractivity contribution in [3.05, 3.63) is 60.4 Å². The average molecular weight is 792 g/mol. The van der Waals surface area contributed by atoms with E-state index in [0.717, 1.165) is 12.1 Å². The summed E-state index contributed by atoms with van der Waals surface area (Å²) in [4.78, 5) is 23.9. The third kappa shape index (κ3) is 11.2. The van der Waals surface area contributed by atoms with Crippen LogP contribution in [0.25, 0.3) is 5.95 Å². The molecule has 0 bridgehead atoms. The Hall–Kier alpha value is -4.65. The van der Waals surface area contributed by atoms with Crippen molar-refractivity contribution in [1.29, 1.82) is 0 Å². The standard InChI is InChI=1S/C24H22N8O15S4/c1-42-24-28-22(27-23(29-24)32-6-2-3-13(12-32)21(33)34)26-16-10-15(25)20(49-47-45-36)11-17(16)30-31-18-9-14(4-5-19(18)48-46-44-35)50(37,38)8-7-43-51(39,40)41/h2-6,9-12H,7-8,25H2,1H3,(H4-,26,27,28,29,33,34,35,36,39,40,41)/p+1. The highest BCUT2D eigenvalue weighted by molar-refractivity contribution is 7.95. The highest BCUT2D eigenvalue weighted by Gasteiger charge is 2.22. The van der Waals surface area contributed by atoms with E-state index in [4.69, 9.17) is 25.5 Å². The van der Waals surface area contributed by atoms with Crippen molar-refractivity contribution in [3.63, 3.8) is 0 Å². The summed E-state index contributed by atoms with van der Waals surface area (Å²) in [5.41, 5.74) is 5.98. The van der Waals surface area contributed by atoms with Gasteiger partial charge in [-0.05, 0) is 52.4 Å². The van der Waals surface area contributed by atoms with Crippen LogP contribution in [0.4, 0.5) is 28.7 Å². The number of ether oxygens (including phenoxy) is 1. The fraction of sp³-hybridized carbons (Fsp3) is 0.125. The Bertz CT molecular complexity index is 2140. The Labute approximate surface area is 295 Å². The van der Waals surface area contributed by atoms with Crippen LogP contribution in [0.1, 0.15) is 10.4 Å². The number of methoxy groups -OCH3 is 1. The topological polar surface area (TPSA) is 327 Å². The van der Waals surface area contributed by atoms with Gasteiger partial charge < -0.3 is 20.9 Å². The molecule has 0 radical (unpaired) electrons. The Balaban J connectivity index is 1.78. The van der Waals surface area contributed by atoms with Gasteiger partial charge in [0, 0.05) is 5.69 Å². The number of carboxylic acids is 1. The number of nitrogens with one attached hydrogen (secondary N) is 1. The van der Waals surface area contributed by atoms with Crippen LogP contribution in [0.15, 0.2) is 79.8 Å². The highest BCUT2D eigenvalue weighted by Crippen LogP contribution is 2.40. The molecule has 2 aromatic heterocycles. The van der Waals surface area contributed by atoms with Crippen LogP contribution in [0.3, 0.4) is 0 Å². The number of nitrogens with two attached hydrogens (primary N) is 1. The molecular weight excluding hydrogens is 769 g/mol. The van der Waals surface area contributed by atoms with Crippen molar-refractivity contribution in [2.45, 2.75) is 14.7 Å². The molecule has 2 aromatic carbocycles. The predicted octanol–water partition coefficient (Wildman–Crippen LogP) is 3.05. The molecule has 0 aliphatic heterocycles. The van der Waals surface area contributed by atoms with E-state index in [9.17, 15) is 26.7 Å². The zero-order valence-corrected chi connectivity index (χ0v) is 28.5. The molecule has 7 N–H and O–H groups in total. The number of pyridine rings is 1. The van der Waals surface area contributed by atoms with Crippen LogP contribution in [-0.2, 0) is 43.2 Å². The molecule has 0 fully saturated rings.